The van der Waals surface area contributed by atoms with Gasteiger partial charge in [-0.05, 0) is 54.3 Å². The molecule has 35 heavy (non-hydrogen) atoms. The number of aromatic nitrogens is 1. The van der Waals surface area contributed by atoms with Crippen LogP contribution in [-0.2, 0) is 16.9 Å². The highest BCUT2D eigenvalue weighted by molar-refractivity contribution is 7.11. The maximum Gasteiger partial charge on any atom is 0.280 e. The third-order valence-corrected chi connectivity index (χ3v) is 6.33. The van der Waals surface area contributed by atoms with E-state index >= 15 is 0 Å². The topological polar surface area (TPSA) is 91.3 Å². The standard InChI is InChI=1S/C26H27F2N3O3S/c1-16(2)23(31-24(33)25-30-22(15-35-25)14-29-13-12-17(3)32)26(34,18-4-8-20(27)9-5-18)19-6-10-21(28)11-7-19/h4-13,15-16,23,29,34H,14H2,1-3H3,(H,31,33)/b13-12-/t23-/m1/s1. The number of aliphatic hydroxyl groups is 1. The van der Waals surface area contributed by atoms with Crippen LogP contribution >= 0.6 is 11.3 Å². The third-order valence-electron chi connectivity index (χ3n) is 5.44. The van der Waals surface area contributed by atoms with E-state index in [1.807, 2.05) is 13.8 Å². The average molecular weight is 500 g/mol. The number of hydrogen-bond acceptors (Lipinski definition) is 6. The van der Waals surface area contributed by atoms with E-state index in [1.54, 1.807) is 5.38 Å². The summed E-state index contributed by atoms with van der Waals surface area (Å²) in [7, 11) is 0. The van der Waals surface area contributed by atoms with Gasteiger partial charge in [-0.15, -0.1) is 11.3 Å². The van der Waals surface area contributed by atoms with Gasteiger partial charge in [0.15, 0.2) is 10.8 Å². The molecule has 2 aromatic carbocycles. The number of ketones is 1. The summed E-state index contributed by atoms with van der Waals surface area (Å²) < 4.78 is 27.3. The normalized spacial score (nSPS) is 12.7. The van der Waals surface area contributed by atoms with Crippen LogP contribution in [0.2, 0.25) is 0 Å². The van der Waals surface area contributed by atoms with Crippen molar-refractivity contribution in [3.05, 3.63) is 99.6 Å². The molecule has 0 saturated heterocycles. The van der Waals surface area contributed by atoms with Gasteiger partial charge in [0.25, 0.3) is 5.91 Å². The molecule has 0 aliphatic rings. The van der Waals surface area contributed by atoms with Crippen LogP contribution in [0.1, 0.15) is 47.4 Å². The molecule has 1 atom stereocenters. The van der Waals surface area contributed by atoms with Crippen LogP contribution in [0.25, 0.3) is 0 Å². The quantitative estimate of drug-likeness (QED) is 0.362. The first kappa shape index (κ1) is 26.2. The fraction of sp³-hybridized carbons (Fsp3) is 0.269. The number of carbonyl (C=O) groups excluding carboxylic acids is 2. The smallest absolute Gasteiger partial charge is 0.280 e. The predicted molar refractivity (Wildman–Crippen MR) is 131 cm³/mol. The molecular weight excluding hydrogens is 472 g/mol. The fourth-order valence-corrected chi connectivity index (χ4v) is 4.44. The Labute approximate surface area is 206 Å². The number of halogens is 2. The number of thiazole rings is 1. The van der Waals surface area contributed by atoms with Crippen LogP contribution in [0.5, 0.6) is 0 Å². The van der Waals surface area contributed by atoms with Crippen molar-refractivity contribution in [3.63, 3.8) is 0 Å². The highest BCUT2D eigenvalue weighted by atomic mass is 32.1. The number of rotatable bonds is 10. The van der Waals surface area contributed by atoms with Gasteiger partial charge in [0.05, 0.1) is 18.3 Å². The van der Waals surface area contributed by atoms with E-state index in [9.17, 15) is 23.5 Å². The minimum Gasteiger partial charge on any atom is -0.385 e. The summed E-state index contributed by atoms with van der Waals surface area (Å²) in [5, 5.41) is 19.8. The molecule has 0 unspecified atom stereocenters. The van der Waals surface area contributed by atoms with Gasteiger partial charge >= 0.3 is 0 Å². The molecule has 9 heteroatoms. The molecule has 1 aromatic heterocycles. The summed E-state index contributed by atoms with van der Waals surface area (Å²) >= 11 is 1.15. The number of carbonyl (C=O) groups is 2. The van der Waals surface area contributed by atoms with Gasteiger partial charge < -0.3 is 15.7 Å². The molecule has 3 aromatic rings. The Bertz CT molecular complexity index is 1150. The van der Waals surface area contributed by atoms with E-state index in [2.05, 4.69) is 15.6 Å². The number of nitrogens with zero attached hydrogens (tertiary/aromatic N) is 1. The van der Waals surface area contributed by atoms with Crippen molar-refractivity contribution in [2.75, 3.05) is 0 Å². The van der Waals surface area contributed by atoms with E-state index in [1.165, 1.54) is 67.7 Å². The van der Waals surface area contributed by atoms with Crippen molar-refractivity contribution in [1.29, 1.82) is 0 Å². The lowest BCUT2D eigenvalue weighted by Crippen LogP contribution is -2.54. The Kier molecular flexibility index (Phi) is 8.48. The largest absolute Gasteiger partial charge is 0.385 e. The number of allylic oxidation sites excluding steroid dienone is 1. The van der Waals surface area contributed by atoms with E-state index in [-0.39, 0.29) is 16.7 Å². The molecule has 0 aliphatic carbocycles. The Morgan fingerprint density at radius 2 is 1.60 bits per heavy atom. The zero-order chi connectivity index (χ0) is 25.6. The molecule has 0 spiro atoms. The van der Waals surface area contributed by atoms with E-state index in [0.717, 1.165) is 11.3 Å². The molecular formula is C26H27F2N3O3S. The first-order valence-electron chi connectivity index (χ1n) is 11.0. The van der Waals surface area contributed by atoms with Crippen LogP contribution in [0.3, 0.4) is 0 Å². The van der Waals surface area contributed by atoms with Crippen molar-refractivity contribution >= 4 is 23.0 Å². The van der Waals surface area contributed by atoms with Gasteiger partial charge in [-0.2, -0.15) is 0 Å². The lowest BCUT2D eigenvalue weighted by atomic mass is 9.75. The Hall–Kier alpha value is -3.43. The number of nitrogens with one attached hydrogen (secondary N) is 2. The van der Waals surface area contributed by atoms with E-state index < -0.39 is 29.2 Å². The zero-order valence-electron chi connectivity index (χ0n) is 19.6. The van der Waals surface area contributed by atoms with Gasteiger partial charge in [0.2, 0.25) is 0 Å². The number of hydrogen-bond donors (Lipinski definition) is 3. The van der Waals surface area contributed by atoms with Crippen molar-refractivity contribution in [2.24, 2.45) is 5.92 Å². The SMILES string of the molecule is CC(=O)/C=C\NCc1csc(C(=O)N[C@H](C(C)C)C(O)(c2ccc(F)cc2)c2ccc(F)cc2)n1. The number of benzene rings is 2. The van der Waals surface area contributed by atoms with E-state index in [0.29, 0.717) is 23.4 Å². The Morgan fingerprint density at radius 3 is 2.09 bits per heavy atom. The van der Waals surface area contributed by atoms with Crippen molar-refractivity contribution in [2.45, 2.75) is 39.0 Å². The second-order valence-corrected chi connectivity index (χ2v) is 9.30. The summed E-state index contributed by atoms with van der Waals surface area (Å²) in [6.45, 7) is 5.44. The molecule has 3 N–H and O–H groups in total. The molecule has 0 aliphatic heterocycles. The summed E-state index contributed by atoms with van der Waals surface area (Å²) in [5.74, 6) is -1.78. The van der Waals surface area contributed by atoms with Crippen molar-refractivity contribution < 1.29 is 23.5 Å². The maximum absolute atomic E-state index is 13.6. The van der Waals surface area contributed by atoms with Gasteiger partial charge in [0.1, 0.15) is 17.2 Å². The van der Waals surface area contributed by atoms with Crippen LogP contribution in [0, 0.1) is 17.6 Å². The molecule has 0 saturated carbocycles. The van der Waals surface area contributed by atoms with Gasteiger partial charge in [-0.25, -0.2) is 13.8 Å². The summed E-state index contributed by atoms with van der Waals surface area (Å²) in [4.78, 5) is 28.4. The van der Waals surface area contributed by atoms with Gasteiger partial charge in [0, 0.05) is 11.6 Å². The monoisotopic (exact) mass is 499 g/mol. The molecule has 1 heterocycles. The van der Waals surface area contributed by atoms with Crippen LogP contribution in [-0.4, -0.2) is 27.8 Å². The summed E-state index contributed by atoms with van der Waals surface area (Å²) in [6.07, 6.45) is 2.90. The molecule has 184 valence electrons. The lowest BCUT2D eigenvalue weighted by molar-refractivity contribution is -0.112. The van der Waals surface area contributed by atoms with Crippen LogP contribution in [0.4, 0.5) is 8.78 Å². The minimum absolute atomic E-state index is 0.0923. The Morgan fingerprint density at radius 1 is 1.06 bits per heavy atom. The highest BCUT2D eigenvalue weighted by Crippen LogP contribution is 2.36. The molecule has 0 radical (unpaired) electrons. The summed E-state index contributed by atoms with van der Waals surface area (Å²) in [6, 6.07) is 9.84. The molecule has 1 amide bonds. The van der Waals surface area contributed by atoms with E-state index in [4.69, 9.17) is 0 Å². The lowest BCUT2D eigenvalue weighted by Gasteiger charge is -2.40. The molecule has 3 rings (SSSR count). The average Bonchev–Trinajstić information content (AvgIpc) is 3.29. The maximum atomic E-state index is 13.6. The highest BCUT2D eigenvalue weighted by Gasteiger charge is 2.43. The summed E-state index contributed by atoms with van der Waals surface area (Å²) in [5.41, 5.74) is -0.456. The van der Waals surface area contributed by atoms with Crippen LogP contribution < -0.4 is 10.6 Å². The Balaban J connectivity index is 1.90. The third kappa shape index (κ3) is 6.37. The van der Waals surface area contributed by atoms with Crippen molar-refractivity contribution in [3.8, 4) is 0 Å². The predicted octanol–water partition coefficient (Wildman–Crippen LogP) is 4.30. The first-order chi connectivity index (χ1) is 16.6. The van der Waals surface area contributed by atoms with Crippen LogP contribution in [0.15, 0.2) is 66.2 Å². The second-order valence-electron chi connectivity index (χ2n) is 8.44. The molecule has 6 nitrogen and oxygen atoms in total. The first-order valence-corrected chi connectivity index (χ1v) is 11.9. The van der Waals surface area contributed by atoms with Crippen molar-refractivity contribution in [1.82, 2.24) is 15.6 Å². The van der Waals surface area contributed by atoms with Gasteiger partial charge in [-0.1, -0.05) is 38.1 Å². The van der Waals surface area contributed by atoms with Gasteiger partial charge in [-0.3, -0.25) is 9.59 Å². The zero-order valence-corrected chi connectivity index (χ0v) is 20.4. The molecule has 0 fully saturated rings. The minimum atomic E-state index is -1.77. The second kappa shape index (κ2) is 11.3. The molecule has 0 bridgehead atoms. The fourth-order valence-electron chi connectivity index (χ4n) is 3.72. The number of amides is 1.